The normalized spacial score (nSPS) is 13.4. The van der Waals surface area contributed by atoms with Crippen LogP contribution in [0.4, 0.5) is 11.4 Å². The minimum Gasteiger partial charge on any atom is -0.465 e. The van der Waals surface area contributed by atoms with Gasteiger partial charge in [-0.15, -0.1) is 0 Å². The average Bonchev–Trinajstić information content (AvgIpc) is 3.44. The Morgan fingerprint density at radius 2 is 2.16 bits per heavy atom. The van der Waals surface area contributed by atoms with Gasteiger partial charge in [-0.05, 0) is 47.0 Å². The molecule has 0 radical (unpaired) electrons. The number of anilines is 1. The van der Waals surface area contributed by atoms with Crippen molar-refractivity contribution in [2.75, 3.05) is 12.4 Å². The lowest BCUT2D eigenvalue weighted by atomic mass is 10.1. The van der Waals surface area contributed by atoms with Crippen molar-refractivity contribution in [2.45, 2.75) is 25.3 Å². The summed E-state index contributed by atoms with van der Waals surface area (Å²) in [6.45, 7) is 0.442. The molecule has 0 atom stereocenters. The van der Waals surface area contributed by atoms with Gasteiger partial charge in [0.05, 0.1) is 35.5 Å². The Labute approximate surface area is 152 Å². The second-order valence-corrected chi connectivity index (χ2v) is 6.63. The van der Waals surface area contributed by atoms with Gasteiger partial charge in [0.25, 0.3) is 5.69 Å². The number of methoxy groups -OCH3 is 1. The van der Waals surface area contributed by atoms with Gasteiger partial charge in [-0.25, -0.2) is 4.79 Å². The Hall–Kier alpha value is -2.48. The Balaban J connectivity index is 1.76. The van der Waals surface area contributed by atoms with Crippen molar-refractivity contribution in [3.8, 4) is 0 Å². The number of carbonyl (C=O) groups is 1. The number of nitro groups is 1. The molecule has 8 heteroatoms. The van der Waals surface area contributed by atoms with Crippen LogP contribution in [0.3, 0.4) is 0 Å². The minimum absolute atomic E-state index is 0.0222. The fraction of sp³-hybridized carbons (Fsp3) is 0.294. The van der Waals surface area contributed by atoms with Gasteiger partial charge < -0.3 is 10.1 Å². The summed E-state index contributed by atoms with van der Waals surface area (Å²) in [6.07, 6.45) is 2.06. The molecule has 0 bridgehead atoms. The van der Waals surface area contributed by atoms with Gasteiger partial charge in [0.2, 0.25) is 0 Å². The Bertz CT molecular complexity index is 837. The summed E-state index contributed by atoms with van der Waals surface area (Å²) < 4.78 is 5.42. The monoisotopic (exact) mass is 405 g/mol. The first kappa shape index (κ1) is 17.3. The second kappa shape index (κ2) is 7.18. The number of hydrogen-bond donors (Lipinski definition) is 1. The second-order valence-electron chi connectivity index (χ2n) is 5.78. The van der Waals surface area contributed by atoms with Crippen LogP contribution in [0.2, 0.25) is 0 Å². The molecule has 1 N–H and O–H groups in total. The Kier molecular flexibility index (Phi) is 4.98. The van der Waals surface area contributed by atoms with Crippen LogP contribution in [0.15, 0.2) is 34.8 Å². The predicted molar refractivity (Wildman–Crippen MR) is 95.7 cm³/mol. The van der Waals surface area contributed by atoms with Gasteiger partial charge in [0.15, 0.2) is 0 Å². The topological polar surface area (TPSA) is 94.4 Å². The predicted octanol–water partition coefficient (Wildman–Crippen LogP) is 4.03. The molecule has 0 unspecified atom stereocenters. The van der Waals surface area contributed by atoms with Crippen molar-refractivity contribution in [1.82, 2.24) is 4.98 Å². The molecule has 0 aliphatic heterocycles. The molecule has 130 valence electrons. The fourth-order valence-electron chi connectivity index (χ4n) is 2.51. The van der Waals surface area contributed by atoms with E-state index in [0.29, 0.717) is 22.5 Å². The van der Waals surface area contributed by atoms with E-state index in [1.807, 2.05) is 0 Å². The molecule has 7 nitrogen and oxygen atoms in total. The molecule has 1 fully saturated rings. The SMILES string of the molecule is COC(=O)c1ccc(CNc2ccc([N+](=O)[O-])cc2Br)nc1C1CC1. The van der Waals surface area contributed by atoms with E-state index in [1.165, 1.54) is 19.2 Å². The van der Waals surface area contributed by atoms with E-state index in [9.17, 15) is 14.9 Å². The summed E-state index contributed by atoms with van der Waals surface area (Å²) in [6, 6.07) is 8.06. The van der Waals surface area contributed by atoms with Gasteiger partial charge in [-0.2, -0.15) is 0 Å². The number of carbonyl (C=O) groups excluding carboxylic acids is 1. The van der Waals surface area contributed by atoms with Crippen LogP contribution in [0.5, 0.6) is 0 Å². The van der Waals surface area contributed by atoms with E-state index in [2.05, 4.69) is 26.2 Å². The van der Waals surface area contributed by atoms with Gasteiger partial charge >= 0.3 is 5.97 Å². The van der Waals surface area contributed by atoms with Crippen LogP contribution in [0.25, 0.3) is 0 Å². The van der Waals surface area contributed by atoms with Crippen LogP contribution < -0.4 is 5.32 Å². The quantitative estimate of drug-likeness (QED) is 0.442. The lowest BCUT2D eigenvalue weighted by Gasteiger charge is -2.11. The number of nitrogens with zero attached hydrogens (tertiary/aromatic N) is 2. The maximum absolute atomic E-state index is 11.8. The third-order valence-corrected chi connectivity index (χ3v) is 4.63. The standard InChI is InChI=1S/C17H16BrN3O4/c1-25-17(22)13-6-4-11(20-16(13)10-2-3-10)9-19-15-7-5-12(21(23)24)8-14(15)18/h4-8,10,19H,2-3,9H2,1H3. The van der Waals surface area contributed by atoms with E-state index < -0.39 is 4.92 Å². The molecule has 0 amide bonds. The third-order valence-electron chi connectivity index (χ3n) is 3.98. The summed E-state index contributed by atoms with van der Waals surface area (Å²) >= 11 is 3.33. The number of aromatic nitrogens is 1. The van der Waals surface area contributed by atoms with Crippen molar-refractivity contribution < 1.29 is 14.5 Å². The van der Waals surface area contributed by atoms with Gasteiger partial charge in [-0.3, -0.25) is 15.1 Å². The molecule has 1 saturated carbocycles. The highest BCUT2D eigenvalue weighted by atomic mass is 79.9. The number of ether oxygens (including phenoxy) is 1. The van der Waals surface area contributed by atoms with Crippen LogP contribution in [0, 0.1) is 10.1 Å². The third kappa shape index (κ3) is 3.96. The van der Waals surface area contributed by atoms with Crippen LogP contribution >= 0.6 is 15.9 Å². The van der Waals surface area contributed by atoms with Crippen molar-refractivity contribution in [3.63, 3.8) is 0 Å². The minimum atomic E-state index is -0.441. The number of rotatable bonds is 6. The summed E-state index contributed by atoms with van der Waals surface area (Å²) in [5.41, 5.74) is 2.85. The van der Waals surface area contributed by atoms with E-state index >= 15 is 0 Å². The first-order valence-electron chi connectivity index (χ1n) is 7.75. The van der Waals surface area contributed by atoms with Crippen molar-refractivity contribution in [3.05, 3.63) is 61.9 Å². The average molecular weight is 406 g/mol. The maximum Gasteiger partial charge on any atom is 0.339 e. The molecule has 25 heavy (non-hydrogen) atoms. The Morgan fingerprint density at radius 3 is 2.76 bits per heavy atom. The fourth-order valence-corrected chi connectivity index (χ4v) is 3.02. The Morgan fingerprint density at radius 1 is 1.40 bits per heavy atom. The number of pyridine rings is 1. The summed E-state index contributed by atoms with van der Waals surface area (Å²) in [4.78, 5) is 26.8. The first-order chi connectivity index (χ1) is 12.0. The van der Waals surface area contributed by atoms with E-state index in [0.717, 1.165) is 29.9 Å². The molecule has 3 rings (SSSR count). The number of halogens is 1. The molecule has 1 aromatic heterocycles. The summed E-state index contributed by atoms with van der Waals surface area (Å²) in [7, 11) is 1.36. The molecule has 1 aliphatic carbocycles. The largest absolute Gasteiger partial charge is 0.465 e. The number of nitrogens with one attached hydrogen (secondary N) is 1. The van der Waals surface area contributed by atoms with Crippen LogP contribution in [-0.2, 0) is 11.3 Å². The smallest absolute Gasteiger partial charge is 0.339 e. The lowest BCUT2D eigenvalue weighted by molar-refractivity contribution is -0.384. The molecule has 1 aliphatic rings. The zero-order valence-electron chi connectivity index (χ0n) is 13.5. The molecular weight excluding hydrogens is 390 g/mol. The molecule has 0 saturated heterocycles. The van der Waals surface area contributed by atoms with Crippen molar-refractivity contribution in [2.24, 2.45) is 0 Å². The molecule has 2 aromatic rings. The van der Waals surface area contributed by atoms with E-state index in [1.54, 1.807) is 18.2 Å². The maximum atomic E-state index is 11.8. The van der Waals surface area contributed by atoms with E-state index in [-0.39, 0.29) is 11.7 Å². The summed E-state index contributed by atoms with van der Waals surface area (Å²) in [5.74, 6) is -0.0489. The highest BCUT2D eigenvalue weighted by Gasteiger charge is 2.30. The van der Waals surface area contributed by atoms with Crippen LogP contribution in [0.1, 0.15) is 40.5 Å². The number of hydrogen-bond acceptors (Lipinski definition) is 6. The highest BCUT2D eigenvalue weighted by molar-refractivity contribution is 9.10. The molecule has 1 heterocycles. The van der Waals surface area contributed by atoms with Crippen molar-refractivity contribution in [1.29, 1.82) is 0 Å². The van der Waals surface area contributed by atoms with Gasteiger partial charge in [-0.1, -0.05) is 0 Å². The summed E-state index contributed by atoms with van der Waals surface area (Å²) in [5, 5.41) is 14.0. The molecular formula is C17H16BrN3O4. The number of benzene rings is 1. The number of nitro benzene ring substituents is 1. The number of non-ortho nitro benzene ring substituents is 1. The molecule has 0 spiro atoms. The van der Waals surface area contributed by atoms with Gasteiger partial charge in [0.1, 0.15) is 0 Å². The lowest BCUT2D eigenvalue weighted by Crippen LogP contribution is -2.10. The molecule has 1 aromatic carbocycles. The zero-order valence-corrected chi connectivity index (χ0v) is 15.1. The van der Waals surface area contributed by atoms with Crippen LogP contribution in [-0.4, -0.2) is 23.0 Å². The van der Waals surface area contributed by atoms with Gasteiger partial charge in [0, 0.05) is 28.2 Å². The van der Waals surface area contributed by atoms with E-state index in [4.69, 9.17) is 4.74 Å². The van der Waals surface area contributed by atoms with Crippen molar-refractivity contribution >= 4 is 33.3 Å². The first-order valence-corrected chi connectivity index (χ1v) is 8.55. The number of esters is 1. The zero-order chi connectivity index (χ0) is 18.0. The highest BCUT2D eigenvalue weighted by Crippen LogP contribution is 2.41.